The smallest absolute Gasteiger partial charge is 0.260 e. The molecule has 0 radical (unpaired) electrons. The fourth-order valence-electron chi connectivity index (χ4n) is 3.99. The average Bonchev–Trinajstić information content (AvgIpc) is 3.29. The van der Waals surface area contributed by atoms with E-state index in [1.807, 2.05) is 6.07 Å². The van der Waals surface area contributed by atoms with E-state index in [-0.39, 0.29) is 10.8 Å². The lowest BCUT2D eigenvalue weighted by Gasteiger charge is -2.27. The highest BCUT2D eigenvalue weighted by Gasteiger charge is 2.23. The van der Waals surface area contributed by atoms with Crippen molar-refractivity contribution in [3.63, 3.8) is 0 Å². The second kappa shape index (κ2) is 11.1. The molecule has 1 aliphatic rings. The van der Waals surface area contributed by atoms with Gasteiger partial charge in [0.1, 0.15) is 0 Å². The molecule has 35 heavy (non-hydrogen) atoms. The molecule has 2 aromatic carbocycles. The maximum Gasteiger partial charge on any atom is 0.260 e. The van der Waals surface area contributed by atoms with Crippen LogP contribution in [0.15, 0.2) is 47.4 Å². The van der Waals surface area contributed by atoms with Gasteiger partial charge in [0.15, 0.2) is 5.13 Å². The molecule has 188 valence electrons. The fourth-order valence-corrected chi connectivity index (χ4v) is 5.94. The first-order valence-corrected chi connectivity index (χ1v) is 14.1. The van der Waals surface area contributed by atoms with E-state index in [1.165, 1.54) is 43.1 Å². The van der Waals surface area contributed by atoms with Crippen molar-refractivity contribution in [2.75, 3.05) is 58.4 Å². The van der Waals surface area contributed by atoms with Crippen molar-refractivity contribution >= 4 is 42.6 Å². The molecule has 3 aromatic rings. The number of aryl methyl sites for hydroxylation is 1. The van der Waals surface area contributed by atoms with E-state index in [9.17, 15) is 13.2 Å². The number of carbonyl (C=O) groups excluding carboxylic acids is 1. The van der Waals surface area contributed by atoms with Gasteiger partial charge in [0, 0.05) is 45.8 Å². The maximum absolute atomic E-state index is 13.6. The van der Waals surface area contributed by atoms with Crippen LogP contribution in [0.1, 0.15) is 29.3 Å². The molecule has 10 heteroatoms. The van der Waals surface area contributed by atoms with Crippen LogP contribution in [0.2, 0.25) is 0 Å². The number of nitrogens with zero attached hydrogens (tertiary/aromatic N) is 4. The Bertz CT molecular complexity index is 1270. The van der Waals surface area contributed by atoms with E-state index in [0.29, 0.717) is 17.2 Å². The first-order valence-electron chi connectivity index (χ1n) is 11.8. The number of fused-ring (bicyclic) bond motifs is 1. The first-order chi connectivity index (χ1) is 16.8. The molecule has 1 fully saturated rings. The van der Waals surface area contributed by atoms with Crippen LogP contribution < -0.4 is 4.90 Å². The van der Waals surface area contributed by atoms with Crippen LogP contribution in [-0.2, 0) is 21.2 Å². The molecule has 0 aliphatic carbocycles. The second-order valence-electron chi connectivity index (χ2n) is 8.73. The molecular formula is C25H32N4O4S2. The van der Waals surface area contributed by atoms with E-state index in [1.54, 1.807) is 17.0 Å². The number of anilines is 1. The Morgan fingerprint density at radius 1 is 1.11 bits per heavy atom. The summed E-state index contributed by atoms with van der Waals surface area (Å²) in [6.45, 7) is 6.79. The van der Waals surface area contributed by atoms with Crippen molar-refractivity contribution in [3.05, 3.63) is 53.6 Å². The Kier molecular flexibility index (Phi) is 8.18. The van der Waals surface area contributed by atoms with Gasteiger partial charge in [-0.15, -0.1) is 0 Å². The molecule has 1 aliphatic heterocycles. The third kappa shape index (κ3) is 5.90. The number of thiazole rings is 1. The summed E-state index contributed by atoms with van der Waals surface area (Å²) in [7, 11) is -0.584. The van der Waals surface area contributed by atoms with Gasteiger partial charge < -0.3 is 4.74 Å². The van der Waals surface area contributed by atoms with Crippen molar-refractivity contribution in [1.82, 2.24) is 14.2 Å². The lowest BCUT2D eigenvalue weighted by Crippen LogP contribution is -2.39. The number of carbonyl (C=O) groups is 1. The molecule has 1 aromatic heterocycles. The predicted octanol–water partition coefficient (Wildman–Crippen LogP) is 3.48. The summed E-state index contributed by atoms with van der Waals surface area (Å²) < 4.78 is 32.5. The topological polar surface area (TPSA) is 83.0 Å². The van der Waals surface area contributed by atoms with Crippen LogP contribution in [0.5, 0.6) is 0 Å². The van der Waals surface area contributed by atoms with Gasteiger partial charge in [-0.05, 0) is 54.8 Å². The zero-order chi connectivity index (χ0) is 25.0. The maximum atomic E-state index is 13.6. The largest absolute Gasteiger partial charge is 0.379 e. The number of ether oxygens (including phenoxy) is 1. The molecule has 1 amide bonds. The Hall–Kier alpha value is -2.37. The second-order valence-corrected chi connectivity index (χ2v) is 11.9. The van der Waals surface area contributed by atoms with E-state index in [4.69, 9.17) is 9.72 Å². The predicted molar refractivity (Wildman–Crippen MR) is 140 cm³/mol. The minimum absolute atomic E-state index is 0.157. The van der Waals surface area contributed by atoms with Gasteiger partial charge in [0.2, 0.25) is 10.0 Å². The molecule has 0 bridgehead atoms. The molecule has 1 saturated heterocycles. The van der Waals surface area contributed by atoms with Crippen LogP contribution in [0.25, 0.3) is 10.2 Å². The van der Waals surface area contributed by atoms with Gasteiger partial charge in [-0.1, -0.05) is 24.3 Å². The molecule has 8 nitrogen and oxygen atoms in total. The molecule has 2 heterocycles. The summed E-state index contributed by atoms with van der Waals surface area (Å²) in [5.41, 5.74) is 2.54. The van der Waals surface area contributed by atoms with E-state index >= 15 is 0 Å². The summed E-state index contributed by atoms with van der Waals surface area (Å²) in [6, 6.07) is 12.3. The zero-order valence-corrected chi connectivity index (χ0v) is 22.1. The minimum atomic E-state index is -3.56. The Labute approximate surface area is 211 Å². The van der Waals surface area contributed by atoms with Crippen LogP contribution in [0.4, 0.5) is 5.13 Å². The fraction of sp³-hybridized carbons (Fsp3) is 0.440. The number of morpholine rings is 1. The van der Waals surface area contributed by atoms with Crippen LogP contribution in [0, 0.1) is 0 Å². The van der Waals surface area contributed by atoms with Gasteiger partial charge in [-0.3, -0.25) is 14.6 Å². The molecule has 0 saturated carbocycles. The number of benzene rings is 2. The van der Waals surface area contributed by atoms with Crippen LogP contribution in [-0.4, -0.2) is 82.0 Å². The van der Waals surface area contributed by atoms with Crippen molar-refractivity contribution in [1.29, 1.82) is 0 Å². The SMILES string of the molecule is CCc1ccc2nc(N(CCCN3CCOCC3)C(=O)c3ccc(S(=O)(=O)N(C)C)cc3)sc2c1. The minimum Gasteiger partial charge on any atom is -0.379 e. The van der Waals surface area contributed by atoms with Gasteiger partial charge >= 0.3 is 0 Å². The first kappa shape index (κ1) is 25.7. The van der Waals surface area contributed by atoms with Gasteiger partial charge in [0.25, 0.3) is 5.91 Å². The third-order valence-electron chi connectivity index (χ3n) is 6.17. The monoisotopic (exact) mass is 516 g/mol. The highest BCUT2D eigenvalue weighted by molar-refractivity contribution is 7.89. The Morgan fingerprint density at radius 3 is 2.49 bits per heavy atom. The summed E-state index contributed by atoms with van der Waals surface area (Å²) >= 11 is 1.51. The number of hydrogen-bond acceptors (Lipinski definition) is 7. The highest BCUT2D eigenvalue weighted by atomic mass is 32.2. The van der Waals surface area contributed by atoms with Gasteiger partial charge in [0.05, 0.1) is 28.3 Å². The number of hydrogen-bond donors (Lipinski definition) is 0. The molecule has 0 atom stereocenters. The van der Waals surface area contributed by atoms with Crippen molar-refractivity contribution in [2.24, 2.45) is 0 Å². The normalized spacial score (nSPS) is 15.1. The molecule has 4 rings (SSSR count). The van der Waals surface area contributed by atoms with Crippen LogP contribution >= 0.6 is 11.3 Å². The third-order valence-corrected chi connectivity index (χ3v) is 9.04. The van der Waals surface area contributed by atoms with Crippen LogP contribution in [0.3, 0.4) is 0 Å². The van der Waals surface area contributed by atoms with Gasteiger partial charge in [-0.25, -0.2) is 17.7 Å². The highest BCUT2D eigenvalue weighted by Crippen LogP contribution is 2.31. The number of rotatable bonds is 9. The Balaban J connectivity index is 1.59. The van der Waals surface area contributed by atoms with E-state index < -0.39 is 10.0 Å². The lowest BCUT2D eigenvalue weighted by atomic mass is 10.2. The average molecular weight is 517 g/mol. The summed E-state index contributed by atoms with van der Waals surface area (Å²) in [6.07, 6.45) is 1.74. The van der Waals surface area contributed by atoms with Gasteiger partial charge in [-0.2, -0.15) is 0 Å². The standard InChI is InChI=1S/C25H32N4O4S2/c1-4-19-6-11-22-23(18-19)34-25(26-22)29(13-5-12-28-14-16-33-17-15-28)24(30)20-7-9-21(10-8-20)35(31,32)27(2)3/h6-11,18H,4-5,12-17H2,1-3H3. The summed E-state index contributed by atoms with van der Waals surface area (Å²) in [5, 5.41) is 0.658. The molecule has 0 spiro atoms. The lowest BCUT2D eigenvalue weighted by molar-refractivity contribution is 0.0376. The summed E-state index contributed by atoms with van der Waals surface area (Å²) in [5.74, 6) is -0.185. The summed E-state index contributed by atoms with van der Waals surface area (Å²) in [4.78, 5) is 22.6. The number of sulfonamides is 1. The van der Waals surface area contributed by atoms with Crippen molar-refractivity contribution in [2.45, 2.75) is 24.7 Å². The van der Waals surface area contributed by atoms with Crippen molar-refractivity contribution < 1.29 is 17.9 Å². The molecule has 0 unspecified atom stereocenters. The van der Waals surface area contributed by atoms with Crippen molar-refractivity contribution in [3.8, 4) is 0 Å². The number of amides is 1. The Morgan fingerprint density at radius 2 is 1.83 bits per heavy atom. The molecule has 0 N–H and O–H groups in total. The quantitative estimate of drug-likeness (QED) is 0.433. The zero-order valence-electron chi connectivity index (χ0n) is 20.4. The van der Waals surface area contributed by atoms with E-state index in [0.717, 1.165) is 60.2 Å². The van der Waals surface area contributed by atoms with E-state index in [2.05, 4.69) is 24.0 Å². The molecular weight excluding hydrogens is 484 g/mol. The number of aromatic nitrogens is 1.